The second-order valence-electron chi connectivity index (χ2n) is 8.77. The van der Waals surface area contributed by atoms with Gasteiger partial charge < -0.3 is 9.64 Å². The Morgan fingerprint density at radius 1 is 1.15 bits per heavy atom. The third kappa shape index (κ3) is 4.03. The van der Waals surface area contributed by atoms with Crippen molar-refractivity contribution in [2.45, 2.75) is 33.2 Å². The number of hydrogen-bond donors (Lipinski definition) is 1. The van der Waals surface area contributed by atoms with Crippen molar-refractivity contribution in [2.75, 3.05) is 23.5 Å². The van der Waals surface area contributed by atoms with Crippen LogP contribution in [-0.4, -0.2) is 37.0 Å². The summed E-state index contributed by atoms with van der Waals surface area (Å²) in [5.41, 5.74) is 3.73. The Kier molecular flexibility index (Phi) is 6.12. The molecule has 1 N–H and O–H groups in total. The largest absolute Gasteiger partial charge is 0.496 e. The van der Waals surface area contributed by atoms with Crippen LogP contribution in [0.4, 0.5) is 16.2 Å². The smallest absolute Gasteiger partial charge is 0.335 e. The first-order chi connectivity index (χ1) is 16.1. The van der Waals surface area contributed by atoms with E-state index in [9.17, 15) is 14.4 Å². The lowest BCUT2D eigenvalue weighted by molar-refractivity contribution is -0.122. The number of halogens is 1. The molecule has 0 aliphatic carbocycles. The number of carbonyl (C=O) groups is 3. The van der Waals surface area contributed by atoms with E-state index in [-0.39, 0.29) is 11.1 Å². The van der Waals surface area contributed by atoms with Gasteiger partial charge in [-0.3, -0.25) is 14.9 Å². The highest BCUT2D eigenvalue weighted by Crippen LogP contribution is 2.42. The summed E-state index contributed by atoms with van der Waals surface area (Å²) in [5, 5.41) is 2.27. The summed E-state index contributed by atoms with van der Waals surface area (Å²) >= 11 is 3.35. The van der Waals surface area contributed by atoms with Gasteiger partial charge in [0.05, 0.1) is 18.3 Å². The van der Waals surface area contributed by atoms with Crippen molar-refractivity contribution < 1.29 is 19.1 Å². The summed E-state index contributed by atoms with van der Waals surface area (Å²) in [6.07, 6.45) is 3.69. The van der Waals surface area contributed by atoms with E-state index in [1.807, 2.05) is 19.1 Å². The molecule has 8 heteroatoms. The molecule has 4 rings (SSSR count). The summed E-state index contributed by atoms with van der Waals surface area (Å²) in [6, 6.07) is 9.83. The number of allylic oxidation sites excluding steroid dienone is 1. The number of barbiturate groups is 1. The van der Waals surface area contributed by atoms with Crippen LogP contribution < -0.4 is 19.9 Å². The quantitative estimate of drug-likeness (QED) is 0.443. The highest BCUT2D eigenvalue weighted by atomic mass is 79.9. The molecule has 1 saturated heterocycles. The molecule has 2 heterocycles. The molecule has 34 heavy (non-hydrogen) atoms. The summed E-state index contributed by atoms with van der Waals surface area (Å²) < 4.78 is 6.35. The number of hydrogen-bond acceptors (Lipinski definition) is 5. The van der Waals surface area contributed by atoms with Crippen molar-refractivity contribution in [3.05, 3.63) is 63.6 Å². The number of rotatable bonds is 4. The highest BCUT2D eigenvalue weighted by Gasteiger charge is 2.37. The minimum absolute atomic E-state index is 0.150. The predicted molar refractivity (Wildman–Crippen MR) is 137 cm³/mol. The molecule has 0 aromatic heterocycles. The van der Waals surface area contributed by atoms with Crippen molar-refractivity contribution in [1.82, 2.24) is 5.32 Å². The van der Waals surface area contributed by atoms with Crippen LogP contribution in [0.3, 0.4) is 0 Å². The van der Waals surface area contributed by atoms with Gasteiger partial charge >= 0.3 is 6.03 Å². The van der Waals surface area contributed by atoms with Crippen LogP contribution in [0.1, 0.15) is 38.8 Å². The van der Waals surface area contributed by atoms with E-state index in [4.69, 9.17) is 4.74 Å². The number of likely N-dealkylation sites (N-methyl/N-ethyl adjacent to an activating group) is 1. The fraction of sp³-hybridized carbons (Fsp3) is 0.269. The van der Waals surface area contributed by atoms with E-state index in [2.05, 4.69) is 53.0 Å². The molecule has 2 aliphatic rings. The lowest BCUT2D eigenvalue weighted by atomic mass is 9.87. The fourth-order valence-corrected chi connectivity index (χ4v) is 5.04. The van der Waals surface area contributed by atoms with Crippen molar-refractivity contribution in [2.24, 2.45) is 0 Å². The Labute approximate surface area is 207 Å². The lowest BCUT2D eigenvalue weighted by Gasteiger charge is -2.43. The summed E-state index contributed by atoms with van der Waals surface area (Å²) in [4.78, 5) is 41.7. The Morgan fingerprint density at radius 3 is 2.53 bits per heavy atom. The summed E-state index contributed by atoms with van der Waals surface area (Å²) in [7, 11) is 1.55. The topological polar surface area (TPSA) is 79.0 Å². The molecule has 2 aromatic carbocycles. The molecule has 2 aliphatic heterocycles. The van der Waals surface area contributed by atoms with Gasteiger partial charge in [-0.25, -0.2) is 9.69 Å². The molecule has 176 valence electrons. The number of anilines is 2. The zero-order chi connectivity index (χ0) is 24.8. The maximum Gasteiger partial charge on any atom is 0.335 e. The van der Waals surface area contributed by atoms with E-state index in [0.29, 0.717) is 21.5 Å². The standard InChI is InChI=1S/C26H26BrN3O4/c1-6-29-21-13-22(34-5)16(10-19(21)15(2)14-26(29,3)4)11-20-23(31)28-25(33)30(24(20)32)18-9-7-8-17(27)12-18/h7-14H,6H2,1-5H3,(H,28,31,33)/b20-11-. The minimum Gasteiger partial charge on any atom is -0.496 e. The second kappa shape index (κ2) is 8.76. The van der Waals surface area contributed by atoms with Crippen LogP contribution in [-0.2, 0) is 9.59 Å². The molecule has 4 amide bonds. The molecule has 7 nitrogen and oxygen atoms in total. The van der Waals surface area contributed by atoms with E-state index in [1.54, 1.807) is 31.4 Å². The third-order valence-electron chi connectivity index (χ3n) is 6.11. The third-order valence-corrected chi connectivity index (χ3v) is 6.61. The van der Waals surface area contributed by atoms with Gasteiger partial charge in [-0.2, -0.15) is 0 Å². The average Bonchev–Trinajstić information content (AvgIpc) is 2.76. The van der Waals surface area contributed by atoms with Gasteiger partial charge in [-0.15, -0.1) is 0 Å². The molecule has 1 fully saturated rings. The fourth-order valence-electron chi connectivity index (χ4n) is 4.65. The molecular weight excluding hydrogens is 498 g/mol. The number of nitrogens with one attached hydrogen (secondary N) is 1. The Balaban J connectivity index is 1.83. The van der Waals surface area contributed by atoms with Crippen LogP contribution in [0.5, 0.6) is 5.75 Å². The van der Waals surface area contributed by atoms with Gasteiger partial charge in [-0.05, 0) is 63.6 Å². The number of urea groups is 1. The Morgan fingerprint density at radius 2 is 1.88 bits per heavy atom. The molecule has 0 spiro atoms. The van der Waals surface area contributed by atoms with Gasteiger partial charge in [0.2, 0.25) is 0 Å². The van der Waals surface area contributed by atoms with Crippen molar-refractivity contribution in [1.29, 1.82) is 0 Å². The molecule has 0 bridgehead atoms. The van der Waals surface area contributed by atoms with E-state index in [0.717, 1.165) is 28.3 Å². The number of ether oxygens (including phenoxy) is 1. The molecule has 0 saturated carbocycles. The maximum atomic E-state index is 13.3. The highest BCUT2D eigenvalue weighted by molar-refractivity contribution is 9.10. The van der Waals surface area contributed by atoms with Gasteiger partial charge in [0.25, 0.3) is 11.8 Å². The normalized spacial score (nSPS) is 18.6. The summed E-state index contributed by atoms with van der Waals surface area (Å²) in [5.74, 6) is -0.915. The van der Waals surface area contributed by atoms with Gasteiger partial charge in [0.1, 0.15) is 11.3 Å². The first kappa shape index (κ1) is 23.8. The van der Waals surface area contributed by atoms with Gasteiger partial charge in [-0.1, -0.05) is 28.1 Å². The van der Waals surface area contributed by atoms with Crippen LogP contribution >= 0.6 is 15.9 Å². The number of imide groups is 2. The zero-order valence-electron chi connectivity index (χ0n) is 19.7. The van der Waals surface area contributed by atoms with Crippen LogP contribution in [0.25, 0.3) is 11.6 Å². The lowest BCUT2D eigenvalue weighted by Crippen LogP contribution is -2.54. The SMILES string of the molecule is CCN1c2cc(OC)c(/C=C3/C(=O)NC(=O)N(c4cccc(Br)c4)C3=O)cc2C(C)=CC1(C)C. The number of carbonyl (C=O) groups excluding carboxylic acids is 3. The van der Waals surface area contributed by atoms with Crippen LogP contribution in [0.15, 0.2) is 52.5 Å². The van der Waals surface area contributed by atoms with Crippen LogP contribution in [0.2, 0.25) is 0 Å². The van der Waals surface area contributed by atoms with Crippen LogP contribution in [0, 0.1) is 0 Å². The zero-order valence-corrected chi connectivity index (χ0v) is 21.3. The molecular formula is C26H26BrN3O4. The predicted octanol–water partition coefficient (Wildman–Crippen LogP) is 5.15. The number of fused-ring (bicyclic) bond motifs is 1. The Hall–Kier alpha value is -3.39. The summed E-state index contributed by atoms with van der Waals surface area (Å²) in [6.45, 7) is 9.26. The molecule has 2 aromatic rings. The first-order valence-corrected chi connectivity index (χ1v) is 11.7. The molecule has 0 unspecified atom stereocenters. The van der Waals surface area contributed by atoms with E-state index < -0.39 is 17.8 Å². The maximum absolute atomic E-state index is 13.3. The van der Waals surface area contributed by atoms with E-state index >= 15 is 0 Å². The first-order valence-electron chi connectivity index (χ1n) is 10.9. The van der Waals surface area contributed by atoms with Crippen molar-refractivity contribution >= 4 is 56.8 Å². The monoisotopic (exact) mass is 523 g/mol. The number of methoxy groups -OCH3 is 1. The molecule has 0 radical (unpaired) electrons. The van der Waals surface area contributed by atoms with E-state index in [1.165, 1.54) is 6.08 Å². The van der Waals surface area contributed by atoms with Crippen molar-refractivity contribution in [3.8, 4) is 5.75 Å². The number of amides is 4. The molecule has 0 atom stereocenters. The van der Waals surface area contributed by atoms with Gasteiger partial charge in [0, 0.05) is 33.9 Å². The number of benzene rings is 2. The van der Waals surface area contributed by atoms with Crippen molar-refractivity contribution in [3.63, 3.8) is 0 Å². The average molecular weight is 524 g/mol. The number of nitrogens with zero attached hydrogens (tertiary/aromatic N) is 2. The van der Waals surface area contributed by atoms with Gasteiger partial charge in [0.15, 0.2) is 0 Å². The second-order valence-corrected chi connectivity index (χ2v) is 9.69. The Bertz CT molecular complexity index is 1280. The minimum atomic E-state index is -0.790.